The summed E-state index contributed by atoms with van der Waals surface area (Å²) in [6.45, 7) is 8.12. The maximum absolute atomic E-state index is 12.2. The highest BCUT2D eigenvalue weighted by Crippen LogP contribution is 2.20. The molecule has 1 aromatic heterocycles. The molecule has 0 saturated carbocycles. The van der Waals surface area contributed by atoms with Gasteiger partial charge in [-0.2, -0.15) is 0 Å². The van der Waals surface area contributed by atoms with Gasteiger partial charge in [0.1, 0.15) is 5.60 Å². The first kappa shape index (κ1) is 18.5. The van der Waals surface area contributed by atoms with Crippen LogP contribution in [0.1, 0.15) is 44.2 Å². The van der Waals surface area contributed by atoms with Crippen LogP contribution in [0, 0.1) is 5.92 Å². The van der Waals surface area contributed by atoms with Gasteiger partial charge >= 0.3 is 6.09 Å². The number of piperidine rings is 1. The number of ether oxygens (including phenoxy) is 1. The number of carbonyl (C=O) groups excluding carboxylic acids is 2. The van der Waals surface area contributed by atoms with Crippen molar-refractivity contribution in [1.82, 2.24) is 9.80 Å². The molecule has 0 aliphatic carbocycles. The average Bonchev–Trinajstić information content (AvgIpc) is 2.99. The molecule has 1 fully saturated rings. The smallest absolute Gasteiger partial charge is 0.410 e. The molecule has 1 atom stereocenters. The minimum Gasteiger partial charge on any atom is -0.461 e. The van der Waals surface area contributed by atoms with Crippen molar-refractivity contribution in [3.05, 3.63) is 24.2 Å². The molecule has 0 bridgehead atoms. The first-order chi connectivity index (χ1) is 11.2. The summed E-state index contributed by atoms with van der Waals surface area (Å²) in [4.78, 5) is 28.0. The third kappa shape index (κ3) is 5.67. The van der Waals surface area contributed by atoms with E-state index in [9.17, 15) is 9.59 Å². The van der Waals surface area contributed by atoms with Crippen LogP contribution in [-0.2, 0) is 4.74 Å². The fourth-order valence-electron chi connectivity index (χ4n) is 2.97. The molecular formula is C18H28N2O4. The van der Waals surface area contributed by atoms with Crippen molar-refractivity contribution >= 4 is 11.9 Å². The lowest BCUT2D eigenvalue weighted by atomic mass is 9.97. The number of likely N-dealkylation sites (tertiary alicyclic amines) is 1. The Balaban J connectivity index is 1.81. The summed E-state index contributed by atoms with van der Waals surface area (Å²) in [5, 5.41) is 0. The summed E-state index contributed by atoms with van der Waals surface area (Å²) in [6.07, 6.45) is 3.27. The quantitative estimate of drug-likeness (QED) is 0.773. The summed E-state index contributed by atoms with van der Waals surface area (Å²) in [5.41, 5.74) is -0.476. The number of hydrogen-bond donors (Lipinski definition) is 0. The van der Waals surface area contributed by atoms with Crippen LogP contribution >= 0.6 is 0 Å². The number of furan rings is 1. The molecule has 0 spiro atoms. The van der Waals surface area contributed by atoms with Gasteiger partial charge in [-0.15, -0.1) is 0 Å². The van der Waals surface area contributed by atoms with E-state index in [1.165, 1.54) is 6.26 Å². The molecule has 1 aromatic rings. The fraction of sp³-hybridized carbons (Fsp3) is 0.667. The molecule has 1 amide bonds. The van der Waals surface area contributed by atoms with Crippen LogP contribution < -0.4 is 0 Å². The van der Waals surface area contributed by atoms with Crippen molar-refractivity contribution in [3.63, 3.8) is 0 Å². The van der Waals surface area contributed by atoms with Crippen LogP contribution in [0.2, 0.25) is 0 Å². The molecule has 2 rings (SSSR count). The molecule has 1 aliphatic rings. The van der Waals surface area contributed by atoms with E-state index in [0.717, 1.165) is 25.9 Å². The molecule has 134 valence electrons. The van der Waals surface area contributed by atoms with E-state index in [0.29, 0.717) is 24.8 Å². The van der Waals surface area contributed by atoms with Crippen LogP contribution in [0.15, 0.2) is 22.8 Å². The monoisotopic (exact) mass is 336 g/mol. The summed E-state index contributed by atoms with van der Waals surface area (Å²) in [7, 11) is 1.92. The molecule has 2 heterocycles. The maximum atomic E-state index is 12.2. The number of nitrogens with zero attached hydrogens (tertiary/aromatic N) is 2. The Morgan fingerprint density at radius 3 is 2.79 bits per heavy atom. The highest BCUT2D eigenvalue weighted by molar-refractivity contribution is 5.94. The lowest BCUT2D eigenvalue weighted by molar-refractivity contribution is 0.0148. The van der Waals surface area contributed by atoms with E-state index in [1.807, 2.05) is 32.7 Å². The van der Waals surface area contributed by atoms with Crippen molar-refractivity contribution in [2.24, 2.45) is 5.92 Å². The molecular weight excluding hydrogens is 308 g/mol. The Kier molecular flexibility index (Phi) is 6.04. The van der Waals surface area contributed by atoms with Crippen LogP contribution in [0.5, 0.6) is 0 Å². The fourth-order valence-corrected chi connectivity index (χ4v) is 2.97. The molecule has 6 nitrogen and oxygen atoms in total. The zero-order valence-electron chi connectivity index (χ0n) is 15.1. The Labute approximate surface area is 143 Å². The van der Waals surface area contributed by atoms with Crippen molar-refractivity contribution in [2.45, 2.75) is 39.2 Å². The van der Waals surface area contributed by atoms with E-state index < -0.39 is 5.60 Å². The predicted octanol–water partition coefficient (Wildman–Crippen LogP) is 3.04. The number of rotatable bonds is 5. The van der Waals surface area contributed by atoms with Gasteiger partial charge in [-0.05, 0) is 58.7 Å². The van der Waals surface area contributed by atoms with Crippen LogP contribution in [0.25, 0.3) is 0 Å². The number of hydrogen-bond acceptors (Lipinski definition) is 5. The molecule has 1 saturated heterocycles. The van der Waals surface area contributed by atoms with Gasteiger partial charge in [0.15, 0.2) is 5.76 Å². The summed E-state index contributed by atoms with van der Waals surface area (Å²) < 4.78 is 10.6. The Bertz CT molecular complexity index is 548. The standard InChI is InChI=1S/C18H28N2O4/c1-18(2,3)24-17(22)20-9-5-7-14(12-20)11-19(4)13-15(21)16-8-6-10-23-16/h6,8,10,14H,5,7,9,11-13H2,1-4H3. The zero-order valence-corrected chi connectivity index (χ0v) is 15.1. The van der Waals surface area contributed by atoms with E-state index >= 15 is 0 Å². The molecule has 1 unspecified atom stereocenters. The van der Waals surface area contributed by atoms with Crippen LogP contribution in [0.4, 0.5) is 4.79 Å². The summed E-state index contributed by atoms with van der Waals surface area (Å²) in [6, 6.07) is 3.40. The second-order valence-corrected chi connectivity index (χ2v) is 7.53. The van der Waals surface area contributed by atoms with Crippen LogP contribution in [-0.4, -0.2) is 60.5 Å². The highest BCUT2D eigenvalue weighted by Gasteiger charge is 2.28. The molecule has 0 N–H and O–H groups in total. The molecule has 6 heteroatoms. The van der Waals surface area contributed by atoms with Gasteiger partial charge < -0.3 is 14.1 Å². The predicted molar refractivity (Wildman–Crippen MR) is 91.1 cm³/mol. The van der Waals surface area contributed by atoms with Gasteiger partial charge in [-0.1, -0.05) is 0 Å². The van der Waals surface area contributed by atoms with Crippen LogP contribution in [0.3, 0.4) is 0 Å². The van der Waals surface area contributed by atoms with Gasteiger partial charge in [-0.3, -0.25) is 9.69 Å². The summed E-state index contributed by atoms with van der Waals surface area (Å²) >= 11 is 0. The first-order valence-corrected chi connectivity index (χ1v) is 8.48. The van der Waals surface area contributed by atoms with Gasteiger partial charge in [0.2, 0.25) is 5.78 Å². The number of carbonyl (C=O) groups is 2. The largest absolute Gasteiger partial charge is 0.461 e. The first-order valence-electron chi connectivity index (χ1n) is 8.48. The Hall–Kier alpha value is -1.82. The van der Waals surface area contributed by atoms with E-state index in [2.05, 4.69) is 0 Å². The molecule has 24 heavy (non-hydrogen) atoms. The highest BCUT2D eigenvalue weighted by atomic mass is 16.6. The maximum Gasteiger partial charge on any atom is 0.410 e. The second kappa shape index (κ2) is 7.83. The number of ketones is 1. The third-order valence-electron chi connectivity index (χ3n) is 3.95. The van der Waals surface area contributed by atoms with Gasteiger partial charge in [-0.25, -0.2) is 4.79 Å². The number of amides is 1. The number of Topliss-reactive ketones (excluding diaryl/α,β-unsaturated/α-hetero) is 1. The summed E-state index contributed by atoms with van der Waals surface area (Å²) in [5.74, 6) is 0.712. The van der Waals surface area contributed by atoms with Gasteiger partial charge in [0, 0.05) is 19.6 Å². The minimum absolute atomic E-state index is 0.0256. The van der Waals surface area contributed by atoms with Crippen molar-refractivity contribution in [2.75, 3.05) is 33.2 Å². The average molecular weight is 336 g/mol. The zero-order chi connectivity index (χ0) is 17.7. The Morgan fingerprint density at radius 1 is 1.42 bits per heavy atom. The van der Waals surface area contributed by atoms with Crippen molar-refractivity contribution in [3.8, 4) is 0 Å². The minimum atomic E-state index is -0.476. The Morgan fingerprint density at radius 2 is 2.17 bits per heavy atom. The van der Waals surface area contributed by atoms with Gasteiger partial charge in [0.05, 0.1) is 12.8 Å². The lowest BCUT2D eigenvalue weighted by Gasteiger charge is -2.35. The second-order valence-electron chi connectivity index (χ2n) is 7.53. The molecule has 1 aliphatic heterocycles. The van der Waals surface area contributed by atoms with E-state index in [-0.39, 0.29) is 11.9 Å². The molecule has 0 aromatic carbocycles. The molecule has 0 radical (unpaired) electrons. The normalized spacial score (nSPS) is 18.7. The van der Waals surface area contributed by atoms with Gasteiger partial charge in [0.25, 0.3) is 0 Å². The van der Waals surface area contributed by atoms with Crippen molar-refractivity contribution < 1.29 is 18.7 Å². The SMILES string of the molecule is CN(CC(=O)c1ccco1)CC1CCCN(C(=O)OC(C)(C)C)C1. The van der Waals surface area contributed by atoms with E-state index in [1.54, 1.807) is 17.0 Å². The third-order valence-corrected chi connectivity index (χ3v) is 3.95. The lowest BCUT2D eigenvalue weighted by Crippen LogP contribution is -2.45. The van der Waals surface area contributed by atoms with Crippen molar-refractivity contribution in [1.29, 1.82) is 0 Å². The van der Waals surface area contributed by atoms with E-state index in [4.69, 9.17) is 9.15 Å². The topological polar surface area (TPSA) is 63.0 Å². The number of likely N-dealkylation sites (N-methyl/N-ethyl adjacent to an activating group) is 1.